The van der Waals surface area contributed by atoms with Gasteiger partial charge in [-0.3, -0.25) is 0 Å². The Balaban J connectivity index is 3.00. The first-order valence-corrected chi connectivity index (χ1v) is 4.93. The number of alkyl halides is 1. The van der Waals surface area contributed by atoms with E-state index in [1.165, 1.54) is 6.07 Å². The van der Waals surface area contributed by atoms with Crippen molar-refractivity contribution in [3.8, 4) is 0 Å². The summed E-state index contributed by atoms with van der Waals surface area (Å²) in [7, 11) is 1.79. The van der Waals surface area contributed by atoms with Gasteiger partial charge in [-0.2, -0.15) is 0 Å². The molecule has 2 nitrogen and oxygen atoms in total. The zero-order valence-corrected chi connectivity index (χ0v) is 9.35. The van der Waals surface area contributed by atoms with Crippen LogP contribution < -0.4 is 4.90 Å². The predicted octanol–water partition coefficient (Wildman–Crippen LogP) is 2.67. The van der Waals surface area contributed by atoms with Gasteiger partial charge in [0.25, 0.3) is 0 Å². The second-order valence-electron chi connectivity index (χ2n) is 3.81. The van der Waals surface area contributed by atoms with Crippen molar-refractivity contribution in [3.63, 3.8) is 0 Å². The largest absolute Gasteiger partial charge is 0.351 e. The Bertz CT molecular complexity index is 315. The van der Waals surface area contributed by atoms with Gasteiger partial charge in [0, 0.05) is 24.7 Å². The first-order chi connectivity index (χ1) is 6.49. The molecule has 0 aliphatic heterocycles. The number of halogens is 2. The lowest BCUT2D eigenvalue weighted by Gasteiger charge is -2.34. The molecular formula is C10H14ClFN2. The van der Waals surface area contributed by atoms with Crippen LogP contribution in [0.2, 0.25) is 0 Å². The minimum Gasteiger partial charge on any atom is -0.351 e. The van der Waals surface area contributed by atoms with E-state index in [-0.39, 0.29) is 11.4 Å². The van der Waals surface area contributed by atoms with Crippen molar-refractivity contribution in [1.82, 2.24) is 4.98 Å². The molecule has 14 heavy (non-hydrogen) atoms. The van der Waals surface area contributed by atoms with Crippen molar-refractivity contribution in [1.29, 1.82) is 0 Å². The molecule has 0 amide bonds. The van der Waals surface area contributed by atoms with Gasteiger partial charge in [-0.15, -0.1) is 11.6 Å². The lowest BCUT2D eigenvalue weighted by molar-refractivity contribution is 0.520. The van der Waals surface area contributed by atoms with Gasteiger partial charge in [-0.05, 0) is 26.0 Å². The molecule has 1 heterocycles. The molecule has 0 fully saturated rings. The summed E-state index contributed by atoms with van der Waals surface area (Å²) >= 11 is 5.80. The van der Waals surface area contributed by atoms with E-state index in [2.05, 4.69) is 4.98 Å². The maximum absolute atomic E-state index is 13.4. The van der Waals surface area contributed by atoms with Gasteiger partial charge >= 0.3 is 0 Å². The van der Waals surface area contributed by atoms with Gasteiger partial charge < -0.3 is 4.90 Å². The highest BCUT2D eigenvalue weighted by molar-refractivity contribution is 6.18. The molecule has 0 spiro atoms. The van der Waals surface area contributed by atoms with Crippen molar-refractivity contribution < 1.29 is 4.39 Å². The fraction of sp³-hybridized carbons (Fsp3) is 0.500. The van der Waals surface area contributed by atoms with E-state index in [1.807, 2.05) is 13.8 Å². The summed E-state index contributed by atoms with van der Waals surface area (Å²) < 4.78 is 13.4. The molecule has 0 saturated heterocycles. The van der Waals surface area contributed by atoms with Crippen molar-refractivity contribution >= 4 is 17.4 Å². The summed E-state index contributed by atoms with van der Waals surface area (Å²) in [6.45, 7) is 3.88. The van der Waals surface area contributed by atoms with Crippen LogP contribution in [0, 0.1) is 5.82 Å². The van der Waals surface area contributed by atoms with Crippen molar-refractivity contribution in [2.45, 2.75) is 19.4 Å². The van der Waals surface area contributed by atoms with Crippen molar-refractivity contribution in [2.24, 2.45) is 0 Å². The number of anilines is 1. The average molecular weight is 217 g/mol. The highest BCUT2D eigenvalue weighted by Gasteiger charge is 2.25. The van der Waals surface area contributed by atoms with Crippen LogP contribution in [0.1, 0.15) is 13.8 Å². The number of rotatable bonds is 3. The first kappa shape index (κ1) is 11.2. The van der Waals surface area contributed by atoms with Crippen molar-refractivity contribution in [2.75, 3.05) is 17.8 Å². The third-order valence-electron chi connectivity index (χ3n) is 2.29. The van der Waals surface area contributed by atoms with Crippen LogP contribution in [0.5, 0.6) is 0 Å². The van der Waals surface area contributed by atoms with Crippen LogP contribution in [0.15, 0.2) is 18.3 Å². The maximum atomic E-state index is 13.4. The number of pyridine rings is 1. The lowest BCUT2D eigenvalue weighted by Crippen LogP contribution is -2.43. The fourth-order valence-electron chi connectivity index (χ4n) is 1.00. The summed E-state index contributed by atoms with van der Waals surface area (Å²) in [6, 6.07) is 2.96. The van der Waals surface area contributed by atoms with E-state index >= 15 is 0 Å². The number of nitrogens with zero attached hydrogens (tertiary/aromatic N) is 2. The Hall–Kier alpha value is -0.830. The van der Waals surface area contributed by atoms with Crippen molar-refractivity contribution in [3.05, 3.63) is 24.1 Å². The fourth-order valence-corrected chi connectivity index (χ4v) is 1.18. The smallest absolute Gasteiger partial charge is 0.165 e. The van der Waals surface area contributed by atoms with E-state index in [4.69, 9.17) is 11.6 Å². The molecule has 4 heteroatoms. The Morgan fingerprint density at radius 1 is 1.57 bits per heavy atom. The first-order valence-electron chi connectivity index (χ1n) is 4.39. The van der Waals surface area contributed by atoms with E-state index in [0.717, 1.165) is 0 Å². The highest BCUT2D eigenvalue weighted by Crippen LogP contribution is 2.23. The second-order valence-corrected chi connectivity index (χ2v) is 4.08. The highest BCUT2D eigenvalue weighted by atomic mass is 35.5. The van der Waals surface area contributed by atoms with Crippen LogP contribution >= 0.6 is 11.6 Å². The lowest BCUT2D eigenvalue weighted by atomic mass is 10.1. The molecule has 0 atom stereocenters. The summed E-state index contributed by atoms with van der Waals surface area (Å²) in [4.78, 5) is 5.73. The van der Waals surface area contributed by atoms with Gasteiger partial charge in [0.2, 0.25) is 0 Å². The number of hydrogen-bond acceptors (Lipinski definition) is 2. The quantitative estimate of drug-likeness (QED) is 0.723. The van der Waals surface area contributed by atoms with Crippen LogP contribution in [0.3, 0.4) is 0 Å². The van der Waals surface area contributed by atoms with Crippen LogP contribution in [0.25, 0.3) is 0 Å². The SMILES string of the molecule is CN(c1ncccc1F)C(C)(C)CCl. The zero-order valence-electron chi connectivity index (χ0n) is 8.59. The molecule has 78 valence electrons. The van der Waals surface area contributed by atoms with E-state index in [1.54, 1.807) is 24.2 Å². The van der Waals surface area contributed by atoms with Crippen LogP contribution in [-0.4, -0.2) is 23.5 Å². The minimum atomic E-state index is -0.326. The molecule has 0 aromatic carbocycles. The summed E-state index contributed by atoms with van der Waals surface area (Å²) in [5.74, 6) is 0.422. The van der Waals surface area contributed by atoms with Crippen LogP contribution in [-0.2, 0) is 0 Å². The summed E-state index contributed by atoms with van der Waals surface area (Å²) in [5.41, 5.74) is -0.309. The van der Waals surface area contributed by atoms with E-state index in [9.17, 15) is 4.39 Å². The molecule has 0 saturated carbocycles. The van der Waals surface area contributed by atoms with E-state index in [0.29, 0.717) is 11.7 Å². The number of aromatic nitrogens is 1. The summed E-state index contributed by atoms with van der Waals surface area (Å²) in [6.07, 6.45) is 1.57. The van der Waals surface area contributed by atoms with Crippen LogP contribution in [0.4, 0.5) is 10.2 Å². The Kier molecular flexibility index (Phi) is 3.32. The number of hydrogen-bond donors (Lipinski definition) is 0. The zero-order chi connectivity index (χ0) is 10.8. The molecule has 0 aliphatic rings. The minimum absolute atomic E-state index is 0.309. The Labute approximate surface area is 88.7 Å². The van der Waals surface area contributed by atoms with Gasteiger partial charge in [0.15, 0.2) is 11.6 Å². The Morgan fingerprint density at radius 3 is 2.71 bits per heavy atom. The second kappa shape index (κ2) is 4.13. The predicted molar refractivity (Wildman–Crippen MR) is 57.4 cm³/mol. The molecule has 0 aliphatic carbocycles. The van der Waals surface area contributed by atoms with Gasteiger partial charge in [0.1, 0.15) is 0 Å². The maximum Gasteiger partial charge on any atom is 0.165 e. The molecule has 0 radical (unpaired) electrons. The monoisotopic (exact) mass is 216 g/mol. The molecule has 1 rings (SSSR count). The van der Waals surface area contributed by atoms with Gasteiger partial charge in [0.05, 0.1) is 0 Å². The topological polar surface area (TPSA) is 16.1 Å². The molecule has 0 unspecified atom stereocenters. The molecule has 0 bridgehead atoms. The normalized spacial score (nSPS) is 11.5. The molecule has 1 aromatic rings. The molecular weight excluding hydrogens is 203 g/mol. The third kappa shape index (κ3) is 2.15. The van der Waals surface area contributed by atoms with Gasteiger partial charge in [-0.25, -0.2) is 9.37 Å². The van der Waals surface area contributed by atoms with E-state index < -0.39 is 0 Å². The molecule has 0 N–H and O–H groups in total. The average Bonchev–Trinajstić information content (AvgIpc) is 2.17. The standard InChI is InChI=1S/C10H14ClFN2/c1-10(2,7-11)14(3)9-8(12)5-4-6-13-9/h4-6H,7H2,1-3H3. The Morgan fingerprint density at radius 2 is 2.21 bits per heavy atom. The third-order valence-corrected chi connectivity index (χ3v) is 2.95. The molecule has 1 aromatic heterocycles. The summed E-state index contributed by atoms with van der Waals surface area (Å²) in [5, 5.41) is 0. The van der Waals surface area contributed by atoms with Gasteiger partial charge in [-0.1, -0.05) is 0 Å².